The Hall–Kier alpha value is -1.06. The maximum atomic E-state index is 12.2. The molecule has 0 radical (unpaired) electrons. The summed E-state index contributed by atoms with van der Waals surface area (Å²) in [5, 5.41) is 0.741. The van der Waals surface area contributed by atoms with Crippen molar-refractivity contribution in [2.45, 2.75) is 32.7 Å². The number of hydrogen-bond acceptors (Lipinski definition) is 2. The molecule has 1 aromatic carbocycles. The Bertz CT molecular complexity index is 436. The predicted octanol–water partition coefficient (Wildman–Crippen LogP) is 2.83. The molecule has 3 nitrogen and oxygen atoms in total. The van der Waals surface area contributed by atoms with Crippen molar-refractivity contribution in [3.8, 4) is 0 Å². The van der Waals surface area contributed by atoms with E-state index in [0.717, 1.165) is 37.6 Å². The molecule has 20 heavy (non-hydrogen) atoms. The molecular weight excluding hydrogens is 272 g/mol. The number of nitrogens with zero attached hydrogens (tertiary/aromatic N) is 2. The summed E-state index contributed by atoms with van der Waals surface area (Å²) < 4.78 is 0. The van der Waals surface area contributed by atoms with Crippen molar-refractivity contribution < 1.29 is 4.79 Å². The van der Waals surface area contributed by atoms with E-state index in [4.69, 9.17) is 11.6 Å². The lowest BCUT2D eigenvalue weighted by molar-refractivity contribution is -0.133. The smallest absolute Gasteiger partial charge is 0.222 e. The van der Waals surface area contributed by atoms with Crippen molar-refractivity contribution >= 4 is 17.5 Å². The van der Waals surface area contributed by atoms with Gasteiger partial charge in [-0.2, -0.15) is 0 Å². The minimum absolute atomic E-state index is 0.267. The van der Waals surface area contributed by atoms with Crippen molar-refractivity contribution in [1.82, 2.24) is 9.80 Å². The molecule has 1 aliphatic heterocycles. The number of benzene rings is 1. The zero-order valence-electron chi connectivity index (χ0n) is 12.3. The quantitative estimate of drug-likeness (QED) is 0.852. The number of piperazine rings is 1. The van der Waals surface area contributed by atoms with Crippen LogP contribution in [0.4, 0.5) is 0 Å². The molecule has 0 bridgehead atoms. The second kappa shape index (κ2) is 7.09. The molecule has 1 fully saturated rings. The van der Waals surface area contributed by atoms with Crippen molar-refractivity contribution in [2.75, 3.05) is 26.2 Å². The van der Waals surface area contributed by atoms with E-state index in [0.29, 0.717) is 12.5 Å². The molecule has 1 aromatic rings. The minimum Gasteiger partial charge on any atom is -0.340 e. The summed E-state index contributed by atoms with van der Waals surface area (Å²) in [6, 6.07) is 8.31. The van der Waals surface area contributed by atoms with Gasteiger partial charge < -0.3 is 4.90 Å². The van der Waals surface area contributed by atoms with Crippen molar-refractivity contribution in [3.63, 3.8) is 0 Å². The number of carbonyl (C=O) groups is 1. The van der Waals surface area contributed by atoms with Crippen molar-refractivity contribution in [1.29, 1.82) is 0 Å². The van der Waals surface area contributed by atoms with Crippen LogP contribution in [0.1, 0.15) is 25.8 Å². The average Bonchev–Trinajstić information content (AvgIpc) is 2.46. The number of carbonyl (C=O) groups excluding carboxylic acids is 1. The molecule has 0 saturated carbocycles. The van der Waals surface area contributed by atoms with E-state index in [1.165, 1.54) is 5.56 Å². The maximum absolute atomic E-state index is 12.2. The standard InChI is InChI=1S/C16H23ClN2O/c1-13(2)18-9-11-19(12-10-18)16(20)8-5-14-3-6-15(17)7-4-14/h3-4,6-7,13H,5,8-12H2,1-2H3. The Morgan fingerprint density at radius 3 is 2.30 bits per heavy atom. The highest BCUT2D eigenvalue weighted by Crippen LogP contribution is 2.12. The molecular formula is C16H23ClN2O. The van der Waals surface area contributed by atoms with E-state index >= 15 is 0 Å². The van der Waals surface area contributed by atoms with E-state index in [-0.39, 0.29) is 5.91 Å². The topological polar surface area (TPSA) is 23.6 Å². The number of amides is 1. The van der Waals surface area contributed by atoms with Gasteiger partial charge in [0.15, 0.2) is 0 Å². The summed E-state index contributed by atoms with van der Waals surface area (Å²) in [5.41, 5.74) is 1.17. The Balaban J connectivity index is 1.77. The highest BCUT2D eigenvalue weighted by molar-refractivity contribution is 6.30. The first-order valence-corrected chi connectivity index (χ1v) is 7.70. The summed E-state index contributed by atoms with van der Waals surface area (Å²) in [5.74, 6) is 0.267. The van der Waals surface area contributed by atoms with Gasteiger partial charge >= 0.3 is 0 Å². The zero-order valence-corrected chi connectivity index (χ0v) is 13.1. The third kappa shape index (κ3) is 4.22. The Morgan fingerprint density at radius 2 is 1.75 bits per heavy atom. The lowest BCUT2D eigenvalue weighted by Gasteiger charge is -2.37. The van der Waals surface area contributed by atoms with Gasteiger partial charge in [-0.25, -0.2) is 0 Å². The molecule has 2 rings (SSSR count). The largest absolute Gasteiger partial charge is 0.340 e. The van der Waals surface area contributed by atoms with Crippen LogP contribution in [0.3, 0.4) is 0 Å². The predicted molar refractivity (Wildman–Crippen MR) is 83.1 cm³/mol. The highest BCUT2D eigenvalue weighted by Gasteiger charge is 2.21. The van der Waals surface area contributed by atoms with Crippen LogP contribution in [-0.2, 0) is 11.2 Å². The van der Waals surface area contributed by atoms with Crippen LogP contribution >= 0.6 is 11.6 Å². The molecule has 1 heterocycles. The number of aryl methyl sites for hydroxylation is 1. The Morgan fingerprint density at radius 1 is 1.15 bits per heavy atom. The van der Waals surface area contributed by atoms with Gasteiger partial charge in [0.25, 0.3) is 0 Å². The van der Waals surface area contributed by atoms with Gasteiger partial charge in [-0.05, 0) is 38.0 Å². The van der Waals surface area contributed by atoms with E-state index in [2.05, 4.69) is 18.7 Å². The van der Waals surface area contributed by atoms with Crippen LogP contribution < -0.4 is 0 Å². The lowest BCUT2D eigenvalue weighted by atomic mass is 10.1. The summed E-state index contributed by atoms with van der Waals surface area (Å²) in [6.07, 6.45) is 1.38. The Kier molecular flexibility index (Phi) is 5.44. The highest BCUT2D eigenvalue weighted by atomic mass is 35.5. The summed E-state index contributed by atoms with van der Waals surface area (Å²) >= 11 is 5.86. The molecule has 0 N–H and O–H groups in total. The zero-order chi connectivity index (χ0) is 14.5. The fourth-order valence-corrected chi connectivity index (χ4v) is 2.67. The maximum Gasteiger partial charge on any atom is 0.222 e. The molecule has 1 aliphatic rings. The Labute approximate surface area is 126 Å². The van der Waals surface area contributed by atoms with E-state index in [1.54, 1.807) is 0 Å². The van der Waals surface area contributed by atoms with E-state index < -0.39 is 0 Å². The monoisotopic (exact) mass is 294 g/mol. The molecule has 4 heteroatoms. The minimum atomic E-state index is 0.267. The fraction of sp³-hybridized carbons (Fsp3) is 0.562. The first-order valence-electron chi connectivity index (χ1n) is 7.32. The second-order valence-electron chi connectivity index (χ2n) is 5.64. The average molecular weight is 295 g/mol. The van der Waals surface area contributed by atoms with Crippen LogP contribution in [0.15, 0.2) is 24.3 Å². The molecule has 0 spiro atoms. The summed E-state index contributed by atoms with van der Waals surface area (Å²) in [6.45, 7) is 8.11. The van der Waals surface area contributed by atoms with Crippen LogP contribution in [0.5, 0.6) is 0 Å². The fourth-order valence-electron chi connectivity index (χ4n) is 2.55. The van der Waals surface area contributed by atoms with Crippen LogP contribution in [0.25, 0.3) is 0 Å². The van der Waals surface area contributed by atoms with Gasteiger partial charge in [-0.15, -0.1) is 0 Å². The molecule has 110 valence electrons. The van der Waals surface area contributed by atoms with Crippen molar-refractivity contribution in [3.05, 3.63) is 34.9 Å². The number of rotatable bonds is 4. The van der Waals surface area contributed by atoms with Gasteiger partial charge in [0.05, 0.1) is 0 Å². The lowest BCUT2D eigenvalue weighted by Crippen LogP contribution is -2.50. The molecule has 0 aliphatic carbocycles. The summed E-state index contributed by atoms with van der Waals surface area (Å²) in [4.78, 5) is 16.6. The normalized spacial score (nSPS) is 16.7. The first kappa shape index (κ1) is 15.3. The third-order valence-corrected chi connectivity index (χ3v) is 4.19. The van der Waals surface area contributed by atoms with Gasteiger partial charge in [-0.1, -0.05) is 23.7 Å². The molecule has 0 unspecified atom stereocenters. The molecule has 1 saturated heterocycles. The van der Waals surface area contributed by atoms with E-state index in [9.17, 15) is 4.79 Å². The van der Waals surface area contributed by atoms with Crippen LogP contribution in [0.2, 0.25) is 5.02 Å². The first-order chi connectivity index (χ1) is 9.56. The van der Waals surface area contributed by atoms with Gasteiger partial charge in [0.1, 0.15) is 0 Å². The van der Waals surface area contributed by atoms with Gasteiger partial charge in [0.2, 0.25) is 5.91 Å². The second-order valence-corrected chi connectivity index (χ2v) is 6.07. The number of halogens is 1. The molecule has 0 aromatic heterocycles. The van der Waals surface area contributed by atoms with Crippen molar-refractivity contribution in [2.24, 2.45) is 0 Å². The summed E-state index contributed by atoms with van der Waals surface area (Å²) in [7, 11) is 0. The van der Waals surface area contributed by atoms with Gasteiger partial charge in [0, 0.05) is 43.7 Å². The van der Waals surface area contributed by atoms with Crippen LogP contribution in [-0.4, -0.2) is 47.9 Å². The van der Waals surface area contributed by atoms with Gasteiger partial charge in [-0.3, -0.25) is 9.69 Å². The third-order valence-electron chi connectivity index (χ3n) is 3.94. The van der Waals surface area contributed by atoms with Crippen LogP contribution in [0, 0.1) is 0 Å². The molecule has 1 amide bonds. The van der Waals surface area contributed by atoms with E-state index in [1.807, 2.05) is 29.2 Å². The molecule has 0 atom stereocenters. The number of hydrogen-bond donors (Lipinski definition) is 0. The SMILES string of the molecule is CC(C)N1CCN(C(=O)CCc2ccc(Cl)cc2)CC1.